The van der Waals surface area contributed by atoms with Gasteiger partial charge in [0.05, 0.1) is 20.3 Å². The maximum Gasteiger partial charge on any atom is 0.259 e. The van der Waals surface area contributed by atoms with Gasteiger partial charge in [-0.2, -0.15) is 0 Å². The van der Waals surface area contributed by atoms with Crippen molar-refractivity contribution < 1.29 is 19.1 Å². The third-order valence-corrected chi connectivity index (χ3v) is 5.70. The molecule has 150 valence electrons. The van der Waals surface area contributed by atoms with Crippen molar-refractivity contribution in [1.29, 1.82) is 0 Å². The minimum atomic E-state index is -0.166. The zero-order valence-corrected chi connectivity index (χ0v) is 16.7. The molecule has 1 unspecified atom stereocenters. The van der Waals surface area contributed by atoms with Crippen LogP contribution < -0.4 is 9.47 Å². The van der Waals surface area contributed by atoms with Crippen molar-refractivity contribution in [1.82, 2.24) is 9.80 Å². The smallest absolute Gasteiger partial charge is 0.259 e. The average Bonchev–Trinajstić information content (AvgIpc) is 3.33. The lowest BCUT2D eigenvalue weighted by molar-refractivity contribution is -0.132. The molecule has 2 heterocycles. The van der Waals surface area contributed by atoms with Gasteiger partial charge >= 0.3 is 0 Å². The van der Waals surface area contributed by atoms with Crippen LogP contribution in [0, 0.1) is 0 Å². The monoisotopic (exact) mass is 392 g/mol. The number of nitrogens with zero attached hydrogens (tertiary/aromatic N) is 2. The number of methoxy groups -OCH3 is 2. The molecule has 2 amide bonds. The highest BCUT2D eigenvalue weighted by Crippen LogP contribution is 2.38. The molecule has 0 N–H and O–H groups in total. The summed E-state index contributed by atoms with van der Waals surface area (Å²) in [5.41, 5.74) is 2.98. The quantitative estimate of drug-likeness (QED) is 0.782. The summed E-state index contributed by atoms with van der Waals surface area (Å²) in [5, 5.41) is 0. The van der Waals surface area contributed by atoms with Crippen LogP contribution in [0.1, 0.15) is 40.4 Å². The minimum absolute atomic E-state index is 0.00383. The normalized spacial score (nSPS) is 18.2. The van der Waals surface area contributed by atoms with Crippen molar-refractivity contribution >= 4 is 17.5 Å². The van der Waals surface area contributed by atoms with Gasteiger partial charge in [0.1, 0.15) is 6.54 Å². The number of fused-ring (bicyclic) bond motifs is 1. The van der Waals surface area contributed by atoms with E-state index >= 15 is 0 Å². The topological polar surface area (TPSA) is 59.1 Å². The molecule has 2 aromatic carbocycles. The van der Waals surface area contributed by atoms with Gasteiger partial charge in [0.2, 0.25) is 5.91 Å². The number of carbonyl (C=O) groups excluding carboxylic acids is 2. The average molecular weight is 392 g/mol. The lowest BCUT2D eigenvalue weighted by atomic mass is 10.0. The van der Waals surface area contributed by atoms with Crippen LogP contribution in [0.4, 0.5) is 0 Å². The second-order valence-corrected chi connectivity index (χ2v) is 7.24. The maximum absolute atomic E-state index is 13.1. The van der Waals surface area contributed by atoms with Gasteiger partial charge in [0.25, 0.3) is 5.91 Å². The third-order valence-electron chi connectivity index (χ3n) is 5.70. The van der Waals surface area contributed by atoms with E-state index in [1.54, 1.807) is 20.3 Å². The van der Waals surface area contributed by atoms with Crippen molar-refractivity contribution in [2.75, 3.05) is 27.3 Å². The summed E-state index contributed by atoms with van der Waals surface area (Å²) in [4.78, 5) is 29.2. The van der Waals surface area contributed by atoms with Gasteiger partial charge in [-0.1, -0.05) is 30.8 Å². The molecule has 0 spiro atoms. The Hall–Kier alpha value is -3.28. The van der Waals surface area contributed by atoms with Gasteiger partial charge in [0, 0.05) is 23.4 Å². The Balaban J connectivity index is 1.53. The van der Waals surface area contributed by atoms with Crippen LogP contribution in [0.15, 0.2) is 49.0 Å². The Morgan fingerprint density at radius 3 is 2.52 bits per heavy atom. The van der Waals surface area contributed by atoms with E-state index in [1.165, 1.54) is 4.90 Å². The van der Waals surface area contributed by atoms with E-state index < -0.39 is 0 Å². The highest BCUT2D eigenvalue weighted by atomic mass is 16.5. The van der Waals surface area contributed by atoms with E-state index in [0.717, 1.165) is 24.0 Å². The van der Waals surface area contributed by atoms with E-state index in [-0.39, 0.29) is 24.4 Å². The van der Waals surface area contributed by atoms with Crippen molar-refractivity contribution in [2.45, 2.75) is 18.9 Å². The first-order chi connectivity index (χ1) is 14.0. The molecule has 6 nitrogen and oxygen atoms in total. The van der Waals surface area contributed by atoms with E-state index in [1.807, 2.05) is 41.3 Å². The number of hydrogen-bond acceptors (Lipinski definition) is 4. The summed E-state index contributed by atoms with van der Waals surface area (Å²) in [5.74, 6) is 1.05. The highest BCUT2D eigenvalue weighted by Gasteiger charge is 2.36. The standard InChI is InChI=1S/C23H24N2O4/c1-15-17-7-4-5-8-18(17)23(27)25(15)14-22(26)24-12-6-9-19(24)16-10-11-20(28-2)21(13-16)29-3/h4-5,7-8,10-11,13,19H,1,6,9,12,14H2,2-3H3. The van der Waals surface area contributed by atoms with Gasteiger partial charge in [-0.25, -0.2) is 0 Å². The van der Waals surface area contributed by atoms with E-state index in [4.69, 9.17) is 9.47 Å². The van der Waals surface area contributed by atoms with Crippen molar-refractivity contribution in [3.63, 3.8) is 0 Å². The Kier molecular flexibility index (Phi) is 5.01. The number of ether oxygens (including phenoxy) is 2. The fourth-order valence-electron chi connectivity index (χ4n) is 4.20. The van der Waals surface area contributed by atoms with Crippen LogP contribution in [-0.4, -0.2) is 48.9 Å². The first kappa shape index (κ1) is 19.1. The molecule has 0 radical (unpaired) electrons. The lowest BCUT2D eigenvalue weighted by Crippen LogP contribution is -2.39. The summed E-state index contributed by atoms with van der Waals surface area (Å²) in [7, 11) is 3.20. The number of benzene rings is 2. The van der Waals surface area contributed by atoms with Crippen LogP contribution in [0.5, 0.6) is 11.5 Å². The molecule has 2 aromatic rings. The molecule has 4 rings (SSSR count). The molecule has 1 fully saturated rings. The second-order valence-electron chi connectivity index (χ2n) is 7.24. The Morgan fingerprint density at radius 2 is 1.83 bits per heavy atom. The molecule has 2 aliphatic heterocycles. The Morgan fingerprint density at radius 1 is 1.10 bits per heavy atom. The predicted octanol–water partition coefficient (Wildman–Crippen LogP) is 3.49. The van der Waals surface area contributed by atoms with Gasteiger partial charge in [-0.3, -0.25) is 14.5 Å². The summed E-state index contributed by atoms with van der Waals surface area (Å²) in [6.07, 6.45) is 1.79. The fourth-order valence-corrected chi connectivity index (χ4v) is 4.20. The number of rotatable bonds is 5. The van der Waals surface area contributed by atoms with Crippen LogP contribution in [0.3, 0.4) is 0 Å². The third kappa shape index (κ3) is 3.24. The van der Waals surface area contributed by atoms with Crippen LogP contribution in [0.25, 0.3) is 5.70 Å². The summed E-state index contributed by atoms with van der Waals surface area (Å²) in [6.45, 7) is 4.69. The van der Waals surface area contributed by atoms with Gasteiger partial charge in [-0.15, -0.1) is 0 Å². The molecule has 0 saturated carbocycles. The van der Waals surface area contributed by atoms with Gasteiger partial charge < -0.3 is 14.4 Å². The molecule has 1 atom stereocenters. The number of hydrogen-bond donors (Lipinski definition) is 0. The molecule has 2 aliphatic rings. The van der Waals surface area contributed by atoms with Crippen LogP contribution >= 0.6 is 0 Å². The van der Waals surface area contributed by atoms with E-state index in [0.29, 0.717) is 29.3 Å². The Bertz CT molecular complexity index is 950. The second kappa shape index (κ2) is 7.62. The Labute approximate surface area is 170 Å². The molecule has 6 heteroatoms. The highest BCUT2D eigenvalue weighted by molar-refractivity contribution is 6.10. The molecule has 1 saturated heterocycles. The summed E-state index contributed by atoms with van der Waals surface area (Å²) < 4.78 is 10.7. The van der Waals surface area contributed by atoms with Gasteiger partial charge in [0.15, 0.2) is 11.5 Å². The SMILES string of the molecule is C=C1c2ccccc2C(=O)N1CC(=O)N1CCCC1c1ccc(OC)c(OC)c1. The summed E-state index contributed by atoms with van der Waals surface area (Å²) >= 11 is 0. The molecular formula is C23H24N2O4. The lowest BCUT2D eigenvalue weighted by Gasteiger charge is -2.28. The van der Waals surface area contributed by atoms with Crippen molar-refractivity contribution in [2.24, 2.45) is 0 Å². The zero-order chi connectivity index (χ0) is 20.5. The zero-order valence-electron chi connectivity index (χ0n) is 16.7. The minimum Gasteiger partial charge on any atom is -0.493 e. The van der Waals surface area contributed by atoms with Gasteiger partial charge in [-0.05, 0) is 36.6 Å². The van der Waals surface area contributed by atoms with Crippen LogP contribution in [-0.2, 0) is 4.79 Å². The number of carbonyl (C=O) groups is 2. The van der Waals surface area contributed by atoms with E-state index in [9.17, 15) is 9.59 Å². The molecule has 0 aromatic heterocycles. The number of amides is 2. The largest absolute Gasteiger partial charge is 0.493 e. The number of likely N-dealkylation sites (tertiary alicyclic amines) is 1. The van der Waals surface area contributed by atoms with Crippen molar-refractivity contribution in [3.05, 3.63) is 65.7 Å². The molecule has 0 bridgehead atoms. The fraction of sp³-hybridized carbons (Fsp3) is 0.304. The molecular weight excluding hydrogens is 368 g/mol. The molecule has 29 heavy (non-hydrogen) atoms. The van der Waals surface area contributed by atoms with Crippen LogP contribution in [0.2, 0.25) is 0 Å². The van der Waals surface area contributed by atoms with E-state index in [2.05, 4.69) is 6.58 Å². The molecule has 0 aliphatic carbocycles. The predicted molar refractivity (Wildman–Crippen MR) is 110 cm³/mol. The summed E-state index contributed by atoms with van der Waals surface area (Å²) in [6, 6.07) is 13.0. The first-order valence-corrected chi connectivity index (χ1v) is 9.66. The first-order valence-electron chi connectivity index (χ1n) is 9.66. The van der Waals surface area contributed by atoms with Crippen molar-refractivity contribution in [3.8, 4) is 11.5 Å². The maximum atomic E-state index is 13.1.